The molecule has 0 amide bonds. The molecular weight excluding hydrogens is 374 g/mol. The molecule has 0 bridgehead atoms. The molecule has 0 spiro atoms. The van der Waals surface area contributed by atoms with Gasteiger partial charge in [-0.25, -0.2) is 4.79 Å². The predicted octanol–water partition coefficient (Wildman–Crippen LogP) is 4.01. The first-order chi connectivity index (χ1) is 14.5. The molecule has 0 atom stereocenters. The van der Waals surface area contributed by atoms with Crippen LogP contribution in [0.1, 0.15) is 0 Å². The lowest BCUT2D eigenvalue weighted by molar-refractivity contribution is 0.846. The lowest BCUT2D eigenvalue weighted by atomic mass is 10.0. The average Bonchev–Trinajstić information content (AvgIpc) is 3.04. The maximum absolute atomic E-state index is 13.2. The second kappa shape index (κ2) is 6.84. The van der Waals surface area contributed by atoms with E-state index in [4.69, 9.17) is 0 Å². The van der Waals surface area contributed by atoms with Gasteiger partial charge in [-0.2, -0.15) is 0 Å². The molecule has 0 saturated carbocycles. The fourth-order valence-corrected chi connectivity index (χ4v) is 3.86. The zero-order chi connectivity index (χ0) is 20.8. The molecule has 5 aromatic rings. The van der Waals surface area contributed by atoms with Crippen LogP contribution in [0.3, 0.4) is 0 Å². The van der Waals surface area contributed by atoms with Crippen molar-refractivity contribution in [3.8, 4) is 16.8 Å². The van der Waals surface area contributed by atoms with Gasteiger partial charge in [0, 0.05) is 44.6 Å². The van der Waals surface area contributed by atoms with Gasteiger partial charge < -0.3 is 4.90 Å². The predicted molar refractivity (Wildman–Crippen MR) is 121 cm³/mol. The molecule has 0 aliphatic rings. The number of anilines is 1. The molecule has 6 heteroatoms. The largest absolute Gasteiger partial charge is 0.378 e. The first-order valence-electron chi connectivity index (χ1n) is 9.73. The standard InChI is InChI=1S/C24H21N5O/c1-27(2)18-5-7-19(8-6-18)29-23-20-14-17(16-10-12-25-13-11-16)4-9-21(20)26-15-22(23)28(3)24(29)30/h4-15H,1-3H3. The highest BCUT2D eigenvalue weighted by atomic mass is 16.1. The van der Waals surface area contributed by atoms with E-state index in [1.807, 2.05) is 67.5 Å². The van der Waals surface area contributed by atoms with Crippen molar-refractivity contribution in [2.24, 2.45) is 7.05 Å². The van der Waals surface area contributed by atoms with E-state index in [1.54, 1.807) is 34.8 Å². The molecule has 30 heavy (non-hydrogen) atoms. The minimum absolute atomic E-state index is 0.0915. The molecule has 0 aliphatic carbocycles. The van der Waals surface area contributed by atoms with Crippen molar-refractivity contribution in [3.05, 3.63) is 83.7 Å². The van der Waals surface area contributed by atoms with Gasteiger partial charge in [0.2, 0.25) is 0 Å². The Labute approximate surface area is 173 Å². The molecule has 0 radical (unpaired) electrons. The molecule has 0 N–H and O–H groups in total. The van der Waals surface area contributed by atoms with Crippen LogP contribution in [0.4, 0.5) is 5.69 Å². The van der Waals surface area contributed by atoms with Crippen molar-refractivity contribution < 1.29 is 0 Å². The van der Waals surface area contributed by atoms with Gasteiger partial charge in [0.05, 0.1) is 28.4 Å². The molecule has 3 aromatic heterocycles. The molecule has 0 unspecified atom stereocenters. The van der Waals surface area contributed by atoms with Crippen molar-refractivity contribution in [2.45, 2.75) is 0 Å². The average molecular weight is 395 g/mol. The summed E-state index contributed by atoms with van der Waals surface area (Å²) in [6, 6.07) is 18.1. The summed E-state index contributed by atoms with van der Waals surface area (Å²) in [7, 11) is 5.79. The second-order valence-electron chi connectivity index (χ2n) is 7.55. The van der Waals surface area contributed by atoms with Crippen LogP contribution in [-0.2, 0) is 7.05 Å². The van der Waals surface area contributed by atoms with Gasteiger partial charge in [-0.1, -0.05) is 6.07 Å². The van der Waals surface area contributed by atoms with Crippen LogP contribution in [0.15, 0.2) is 78.0 Å². The summed E-state index contributed by atoms with van der Waals surface area (Å²) in [6.07, 6.45) is 5.34. The van der Waals surface area contributed by atoms with Crippen molar-refractivity contribution >= 4 is 27.6 Å². The number of aromatic nitrogens is 4. The number of rotatable bonds is 3. The minimum Gasteiger partial charge on any atom is -0.378 e. The summed E-state index contributed by atoms with van der Waals surface area (Å²) in [5.74, 6) is 0. The number of benzene rings is 2. The molecule has 0 saturated heterocycles. The summed E-state index contributed by atoms with van der Waals surface area (Å²) in [5, 5.41) is 0.941. The Morgan fingerprint density at radius 1 is 0.900 bits per heavy atom. The van der Waals surface area contributed by atoms with E-state index in [1.165, 1.54) is 0 Å². The first kappa shape index (κ1) is 18.1. The Kier molecular flexibility index (Phi) is 4.13. The first-order valence-corrected chi connectivity index (χ1v) is 9.73. The Morgan fingerprint density at radius 2 is 1.63 bits per heavy atom. The van der Waals surface area contributed by atoms with Gasteiger partial charge in [-0.15, -0.1) is 0 Å². The van der Waals surface area contributed by atoms with Crippen molar-refractivity contribution in [1.82, 2.24) is 19.1 Å². The maximum atomic E-state index is 13.2. The molecule has 0 aliphatic heterocycles. The Bertz CT molecular complexity index is 1430. The number of nitrogens with zero attached hydrogens (tertiary/aromatic N) is 5. The van der Waals surface area contributed by atoms with Gasteiger partial charge in [-0.05, 0) is 59.7 Å². The summed E-state index contributed by atoms with van der Waals surface area (Å²) in [6.45, 7) is 0. The van der Waals surface area contributed by atoms with E-state index in [-0.39, 0.29) is 5.69 Å². The molecule has 0 fully saturated rings. The zero-order valence-electron chi connectivity index (χ0n) is 17.1. The van der Waals surface area contributed by atoms with Crippen LogP contribution < -0.4 is 10.6 Å². The number of pyridine rings is 2. The fourth-order valence-electron chi connectivity index (χ4n) is 3.86. The number of fused-ring (bicyclic) bond motifs is 3. The zero-order valence-corrected chi connectivity index (χ0v) is 17.1. The van der Waals surface area contributed by atoms with E-state index >= 15 is 0 Å². The Morgan fingerprint density at radius 3 is 2.33 bits per heavy atom. The smallest absolute Gasteiger partial charge is 0.333 e. The number of hydrogen-bond acceptors (Lipinski definition) is 4. The normalized spacial score (nSPS) is 11.3. The third-order valence-corrected chi connectivity index (χ3v) is 5.52. The summed E-state index contributed by atoms with van der Waals surface area (Å²) in [4.78, 5) is 23.9. The molecule has 6 nitrogen and oxygen atoms in total. The molecular formula is C24H21N5O. The van der Waals surface area contributed by atoms with Gasteiger partial charge in [0.1, 0.15) is 0 Å². The van der Waals surface area contributed by atoms with Gasteiger partial charge in [0.15, 0.2) is 0 Å². The Balaban J connectivity index is 1.83. The van der Waals surface area contributed by atoms with Crippen molar-refractivity contribution in [1.29, 1.82) is 0 Å². The van der Waals surface area contributed by atoms with E-state index in [2.05, 4.69) is 16.0 Å². The van der Waals surface area contributed by atoms with Gasteiger partial charge in [0.25, 0.3) is 0 Å². The third-order valence-electron chi connectivity index (χ3n) is 5.52. The summed E-state index contributed by atoms with van der Waals surface area (Å²) < 4.78 is 3.43. The highest BCUT2D eigenvalue weighted by molar-refractivity contribution is 6.04. The molecule has 3 heterocycles. The van der Waals surface area contributed by atoms with E-state index < -0.39 is 0 Å². The van der Waals surface area contributed by atoms with Crippen LogP contribution in [0.5, 0.6) is 0 Å². The quantitative estimate of drug-likeness (QED) is 0.463. The highest BCUT2D eigenvalue weighted by Crippen LogP contribution is 2.29. The third kappa shape index (κ3) is 2.76. The second-order valence-corrected chi connectivity index (χ2v) is 7.55. The fraction of sp³-hybridized carbons (Fsp3) is 0.125. The highest BCUT2D eigenvalue weighted by Gasteiger charge is 2.16. The molecule has 2 aromatic carbocycles. The lowest BCUT2D eigenvalue weighted by Gasteiger charge is -2.13. The topological polar surface area (TPSA) is 56.0 Å². The Hall–Kier alpha value is -3.93. The molecule has 5 rings (SSSR count). The van der Waals surface area contributed by atoms with E-state index in [9.17, 15) is 4.79 Å². The number of imidazole rings is 1. The van der Waals surface area contributed by atoms with Crippen molar-refractivity contribution in [3.63, 3.8) is 0 Å². The van der Waals surface area contributed by atoms with Gasteiger partial charge in [-0.3, -0.25) is 19.1 Å². The summed E-state index contributed by atoms with van der Waals surface area (Å²) >= 11 is 0. The van der Waals surface area contributed by atoms with E-state index in [0.717, 1.165) is 44.4 Å². The number of hydrogen-bond donors (Lipinski definition) is 0. The van der Waals surface area contributed by atoms with Crippen molar-refractivity contribution in [2.75, 3.05) is 19.0 Å². The number of aryl methyl sites for hydroxylation is 1. The van der Waals surface area contributed by atoms with Crippen LogP contribution in [-0.4, -0.2) is 33.2 Å². The van der Waals surface area contributed by atoms with Crippen LogP contribution in [0.25, 0.3) is 38.8 Å². The monoisotopic (exact) mass is 395 g/mol. The summed E-state index contributed by atoms with van der Waals surface area (Å²) in [5.41, 5.74) is 6.47. The van der Waals surface area contributed by atoms with Crippen LogP contribution in [0.2, 0.25) is 0 Å². The maximum Gasteiger partial charge on any atom is 0.333 e. The lowest BCUT2D eigenvalue weighted by Crippen LogP contribution is -2.21. The van der Waals surface area contributed by atoms with Gasteiger partial charge >= 0.3 is 5.69 Å². The van der Waals surface area contributed by atoms with Crippen LogP contribution in [0, 0.1) is 0 Å². The van der Waals surface area contributed by atoms with Crippen LogP contribution >= 0.6 is 0 Å². The molecule has 148 valence electrons. The SMILES string of the molecule is CN(C)c1ccc(-n2c(=O)n(C)c3cnc4ccc(-c5ccncc5)cc4c32)cc1. The van der Waals surface area contributed by atoms with E-state index in [0.29, 0.717) is 0 Å². The minimum atomic E-state index is -0.0915.